The molecule has 0 radical (unpaired) electrons. The van der Waals surface area contributed by atoms with Crippen molar-refractivity contribution >= 4 is 0 Å². The minimum Gasteiger partial charge on any atom is -0.378 e. The minimum absolute atomic E-state index is 0.144. The Bertz CT molecular complexity index is 208. The van der Waals surface area contributed by atoms with E-state index in [1.54, 1.807) is 0 Å². The van der Waals surface area contributed by atoms with E-state index in [1.165, 1.54) is 38.6 Å². The summed E-state index contributed by atoms with van der Waals surface area (Å²) in [4.78, 5) is 4.58. The van der Waals surface area contributed by atoms with Gasteiger partial charge in [0.15, 0.2) is 0 Å². The molecular weight excluding hydrogens is 200 g/mol. The highest BCUT2D eigenvalue weighted by molar-refractivity contribution is 4.81. The lowest BCUT2D eigenvalue weighted by molar-refractivity contribution is -0.0776. The fourth-order valence-corrected chi connectivity index (χ4v) is 2.95. The van der Waals surface area contributed by atoms with Gasteiger partial charge in [0.2, 0.25) is 0 Å². The van der Waals surface area contributed by atoms with Crippen LogP contribution in [0.5, 0.6) is 0 Å². The molecule has 1 aliphatic heterocycles. The number of hydrogen-bond acceptors (Lipinski definition) is 3. The normalized spacial score (nSPS) is 27.0. The fourth-order valence-electron chi connectivity index (χ4n) is 2.95. The number of likely N-dealkylation sites (tertiary alicyclic amines) is 1. The van der Waals surface area contributed by atoms with Crippen LogP contribution in [0.25, 0.3) is 0 Å². The van der Waals surface area contributed by atoms with Crippen LogP contribution in [0.1, 0.15) is 32.1 Å². The number of aliphatic hydroxyl groups is 1. The standard InChI is InChI=1S/C13H26N2O/c1-14(2)10-11-6-8-15(9-7-11)13(16)12-4-3-5-12/h11-13,16H,3-10H2,1-2H3. The molecule has 94 valence electrons. The van der Waals surface area contributed by atoms with Gasteiger partial charge in [0.05, 0.1) is 0 Å². The van der Waals surface area contributed by atoms with E-state index >= 15 is 0 Å². The lowest BCUT2D eigenvalue weighted by atomic mass is 9.82. The highest BCUT2D eigenvalue weighted by Crippen LogP contribution is 2.32. The van der Waals surface area contributed by atoms with E-state index in [0.717, 1.165) is 19.0 Å². The maximum atomic E-state index is 10.2. The lowest BCUT2D eigenvalue weighted by Gasteiger charge is -2.41. The Balaban J connectivity index is 1.71. The van der Waals surface area contributed by atoms with Gasteiger partial charge in [-0.05, 0) is 51.6 Å². The molecule has 1 saturated carbocycles. The van der Waals surface area contributed by atoms with Crippen LogP contribution < -0.4 is 0 Å². The molecule has 0 amide bonds. The first-order chi connectivity index (χ1) is 7.66. The Morgan fingerprint density at radius 2 is 1.81 bits per heavy atom. The van der Waals surface area contributed by atoms with E-state index < -0.39 is 0 Å². The van der Waals surface area contributed by atoms with Crippen molar-refractivity contribution in [3.63, 3.8) is 0 Å². The predicted octanol–water partition coefficient (Wildman–Crippen LogP) is 1.38. The second-order valence-electron chi connectivity index (χ2n) is 5.85. The maximum absolute atomic E-state index is 10.2. The van der Waals surface area contributed by atoms with Crippen molar-refractivity contribution in [1.29, 1.82) is 0 Å². The van der Waals surface area contributed by atoms with E-state index in [0.29, 0.717) is 5.92 Å². The van der Waals surface area contributed by atoms with E-state index in [9.17, 15) is 5.11 Å². The van der Waals surface area contributed by atoms with E-state index in [1.807, 2.05) is 0 Å². The van der Waals surface area contributed by atoms with Crippen LogP contribution in [-0.2, 0) is 0 Å². The number of nitrogens with zero attached hydrogens (tertiary/aromatic N) is 2. The van der Waals surface area contributed by atoms with Crippen molar-refractivity contribution in [2.24, 2.45) is 11.8 Å². The van der Waals surface area contributed by atoms with E-state index in [4.69, 9.17) is 0 Å². The zero-order valence-electron chi connectivity index (χ0n) is 10.7. The summed E-state index contributed by atoms with van der Waals surface area (Å²) in [5.74, 6) is 1.41. The molecule has 0 aromatic carbocycles. The molecule has 0 spiro atoms. The van der Waals surface area contributed by atoms with Gasteiger partial charge in [-0.25, -0.2) is 0 Å². The highest BCUT2D eigenvalue weighted by Gasteiger charge is 2.32. The number of hydrogen-bond donors (Lipinski definition) is 1. The zero-order valence-corrected chi connectivity index (χ0v) is 10.7. The first-order valence-electron chi connectivity index (χ1n) is 6.73. The molecule has 0 bridgehead atoms. The Morgan fingerprint density at radius 1 is 1.19 bits per heavy atom. The number of aliphatic hydroxyl groups excluding tert-OH is 1. The maximum Gasteiger partial charge on any atom is 0.110 e. The van der Waals surface area contributed by atoms with Crippen LogP contribution in [-0.4, -0.2) is 54.9 Å². The van der Waals surface area contributed by atoms with Gasteiger partial charge in [-0.1, -0.05) is 6.42 Å². The van der Waals surface area contributed by atoms with Gasteiger partial charge in [-0.3, -0.25) is 4.90 Å². The summed E-state index contributed by atoms with van der Waals surface area (Å²) in [6.45, 7) is 3.39. The van der Waals surface area contributed by atoms with Crippen LogP contribution >= 0.6 is 0 Å². The van der Waals surface area contributed by atoms with Gasteiger partial charge >= 0.3 is 0 Å². The summed E-state index contributed by atoms with van der Waals surface area (Å²) in [6.07, 6.45) is 6.15. The summed E-state index contributed by atoms with van der Waals surface area (Å²) in [6, 6.07) is 0. The summed E-state index contributed by atoms with van der Waals surface area (Å²) in [5, 5.41) is 10.2. The van der Waals surface area contributed by atoms with Gasteiger partial charge < -0.3 is 10.0 Å². The topological polar surface area (TPSA) is 26.7 Å². The molecule has 16 heavy (non-hydrogen) atoms. The molecule has 3 nitrogen and oxygen atoms in total. The van der Waals surface area contributed by atoms with Gasteiger partial charge in [0.25, 0.3) is 0 Å². The molecule has 1 N–H and O–H groups in total. The average molecular weight is 226 g/mol. The van der Waals surface area contributed by atoms with Gasteiger partial charge in [-0.15, -0.1) is 0 Å². The zero-order chi connectivity index (χ0) is 11.5. The van der Waals surface area contributed by atoms with Gasteiger partial charge in [0.1, 0.15) is 6.23 Å². The molecule has 1 unspecified atom stereocenters. The smallest absolute Gasteiger partial charge is 0.110 e. The SMILES string of the molecule is CN(C)CC1CCN(C(O)C2CCC2)CC1. The fraction of sp³-hybridized carbons (Fsp3) is 1.00. The Labute approximate surface area is 99.4 Å². The molecule has 1 heterocycles. The van der Waals surface area contributed by atoms with Crippen LogP contribution in [0.2, 0.25) is 0 Å². The second-order valence-corrected chi connectivity index (χ2v) is 5.85. The van der Waals surface area contributed by atoms with Crippen molar-refractivity contribution in [2.45, 2.75) is 38.3 Å². The minimum atomic E-state index is -0.144. The summed E-state index contributed by atoms with van der Waals surface area (Å²) in [7, 11) is 4.30. The van der Waals surface area contributed by atoms with Crippen molar-refractivity contribution in [2.75, 3.05) is 33.7 Å². The molecular formula is C13H26N2O. The molecule has 2 fully saturated rings. The van der Waals surface area contributed by atoms with Crippen LogP contribution in [0, 0.1) is 11.8 Å². The number of rotatable bonds is 4. The van der Waals surface area contributed by atoms with Crippen molar-refractivity contribution in [1.82, 2.24) is 9.80 Å². The predicted molar refractivity (Wildman–Crippen MR) is 66.2 cm³/mol. The Kier molecular flexibility index (Phi) is 4.22. The van der Waals surface area contributed by atoms with Crippen LogP contribution in [0.3, 0.4) is 0 Å². The second kappa shape index (κ2) is 5.48. The molecule has 2 rings (SSSR count). The van der Waals surface area contributed by atoms with Crippen molar-refractivity contribution in [3.05, 3.63) is 0 Å². The molecule has 3 heteroatoms. The Morgan fingerprint density at radius 3 is 2.25 bits per heavy atom. The van der Waals surface area contributed by atoms with E-state index in [2.05, 4.69) is 23.9 Å². The lowest BCUT2D eigenvalue weighted by Crippen LogP contribution is -2.47. The first kappa shape index (κ1) is 12.3. The van der Waals surface area contributed by atoms with E-state index in [-0.39, 0.29) is 6.23 Å². The van der Waals surface area contributed by atoms with Crippen LogP contribution in [0.4, 0.5) is 0 Å². The third-order valence-corrected chi connectivity index (χ3v) is 4.22. The van der Waals surface area contributed by atoms with Gasteiger partial charge in [0, 0.05) is 19.6 Å². The first-order valence-corrected chi connectivity index (χ1v) is 6.73. The monoisotopic (exact) mass is 226 g/mol. The number of piperidine rings is 1. The van der Waals surface area contributed by atoms with Crippen molar-refractivity contribution in [3.8, 4) is 0 Å². The molecule has 2 aliphatic rings. The molecule has 0 aromatic rings. The summed E-state index contributed by atoms with van der Waals surface area (Å²) < 4.78 is 0. The molecule has 1 atom stereocenters. The van der Waals surface area contributed by atoms with Crippen molar-refractivity contribution < 1.29 is 5.11 Å². The third-order valence-electron chi connectivity index (χ3n) is 4.22. The summed E-state index contributed by atoms with van der Waals surface area (Å²) in [5.41, 5.74) is 0. The molecule has 1 aliphatic carbocycles. The quantitative estimate of drug-likeness (QED) is 0.784. The average Bonchev–Trinajstić information content (AvgIpc) is 2.15. The van der Waals surface area contributed by atoms with Crippen LogP contribution in [0.15, 0.2) is 0 Å². The molecule has 0 aromatic heterocycles. The summed E-state index contributed by atoms with van der Waals surface area (Å²) >= 11 is 0. The largest absolute Gasteiger partial charge is 0.378 e. The Hall–Kier alpha value is -0.120. The molecule has 1 saturated heterocycles. The van der Waals surface area contributed by atoms with Gasteiger partial charge in [-0.2, -0.15) is 0 Å². The highest BCUT2D eigenvalue weighted by atomic mass is 16.3. The third kappa shape index (κ3) is 2.96.